The molecule has 1 aromatic heterocycles. The smallest absolute Gasteiger partial charge is 0.341 e. The second-order valence-electron chi connectivity index (χ2n) is 5.90. The van der Waals surface area contributed by atoms with Crippen LogP contribution in [0.4, 0.5) is 8.78 Å². The van der Waals surface area contributed by atoms with Gasteiger partial charge in [-0.15, -0.1) is 11.3 Å². The predicted molar refractivity (Wildman–Crippen MR) is 97.4 cm³/mol. The van der Waals surface area contributed by atoms with Gasteiger partial charge in [0.05, 0.1) is 21.8 Å². The Balaban J connectivity index is 1.63. The van der Waals surface area contributed by atoms with Crippen molar-refractivity contribution < 1.29 is 23.1 Å². The van der Waals surface area contributed by atoms with Gasteiger partial charge in [0.15, 0.2) is 6.61 Å². The molecule has 3 rings (SSSR count). The van der Waals surface area contributed by atoms with Crippen LogP contribution < -0.4 is 0 Å². The Morgan fingerprint density at radius 3 is 2.67 bits per heavy atom. The Morgan fingerprint density at radius 1 is 1.22 bits per heavy atom. The minimum absolute atomic E-state index is 0.323. The van der Waals surface area contributed by atoms with Gasteiger partial charge in [-0.3, -0.25) is 4.79 Å². The van der Waals surface area contributed by atoms with Gasteiger partial charge in [-0.25, -0.2) is 18.6 Å². The van der Waals surface area contributed by atoms with Gasteiger partial charge >= 0.3 is 5.97 Å². The van der Waals surface area contributed by atoms with Crippen LogP contribution in [0.15, 0.2) is 42.5 Å². The molecule has 0 bridgehead atoms. The number of para-hydroxylation sites is 1. The molecule has 140 valence electrons. The molecule has 0 saturated carbocycles. The lowest BCUT2D eigenvalue weighted by Gasteiger charge is -2.23. The lowest BCUT2D eigenvalue weighted by molar-refractivity contribution is -0.135. The number of esters is 1. The first-order valence-corrected chi connectivity index (χ1v) is 8.91. The van der Waals surface area contributed by atoms with Crippen molar-refractivity contribution in [2.75, 3.05) is 13.7 Å². The number of ether oxygens (including phenoxy) is 1. The van der Waals surface area contributed by atoms with Gasteiger partial charge in [0.2, 0.25) is 0 Å². The van der Waals surface area contributed by atoms with Crippen molar-refractivity contribution in [1.29, 1.82) is 0 Å². The van der Waals surface area contributed by atoms with E-state index in [0.717, 1.165) is 27.4 Å². The molecule has 0 spiro atoms. The number of rotatable bonds is 5. The van der Waals surface area contributed by atoms with E-state index in [9.17, 15) is 18.4 Å². The largest absolute Gasteiger partial charge is 0.452 e. The molecule has 2 aromatic carbocycles. The fourth-order valence-corrected chi connectivity index (χ4v) is 3.48. The summed E-state index contributed by atoms with van der Waals surface area (Å²) in [6.07, 6.45) is 0. The zero-order valence-electron chi connectivity index (χ0n) is 14.6. The highest BCUT2D eigenvalue weighted by Gasteiger charge is 2.22. The minimum Gasteiger partial charge on any atom is -0.452 e. The molecule has 1 atom stereocenters. The standard InChI is InChI=1S/C19H16F2N2O3S/c1-11(18-22-15-5-3-4-6-16(15)27-18)23(2)17(24)10-26-19(25)13-8-7-12(20)9-14(13)21/h3-9,11H,10H2,1-2H3/t11-/m1/s1. The molecule has 0 unspecified atom stereocenters. The first-order valence-electron chi connectivity index (χ1n) is 8.10. The van der Waals surface area contributed by atoms with Crippen molar-refractivity contribution in [2.45, 2.75) is 13.0 Å². The number of likely N-dealkylation sites (N-methyl/N-ethyl adjacent to an activating group) is 1. The van der Waals surface area contributed by atoms with E-state index in [1.165, 1.54) is 16.2 Å². The van der Waals surface area contributed by atoms with E-state index < -0.39 is 35.7 Å². The number of nitrogens with zero attached hydrogens (tertiary/aromatic N) is 2. The molecule has 27 heavy (non-hydrogen) atoms. The SMILES string of the molecule is C[C@H](c1nc2ccccc2s1)N(C)C(=O)COC(=O)c1ccc(F)cc1F. The lowest BCUT2D eigenvalue weighted by Crippen LogP contribution is -2.33. The van der Waals surface area contributed by atoms with Crippen molar-refractivity contribution in [3.05, 3.63) is 64.7 Å². The highest BCUT2D eigenvalue weighted by molar-refractivity contribution is 7.18. The molecular formula is C19H16F2N2O3S. The average Bonchev–Trinajstić information content (AvgIpc) is 3.08. The fraction of sp³-hybridized carbons (Fsp3) is 0.211. The number of hydrogen-bond donors (Lipinski definition) is 0. The Labute approximate surface area is 158 Å². The summed E-state index contributed by atoms with van der Waals surface area (Å²) >= 11 is 1.48. The van der Waals surface area contributed by atoms with Gasteiger partial charge in [0.1, 0.15) is 16.6 Å². The fourth-order valence-electron chi connectivity index (χ4n) is 2.41. The summed E-state index contributed by atoms with van der Waals surface area (Å²) in [5.74, 6) is -3.33. The number of thiazole rings is 1. The van der Waals surface area contributed by atoms with Gasteiger partial charge in [-0.2, -0.15) is 0 Å². The van der Waals surface area contributed by atoms with Crippen molar-refractivity contribution in [3.8, 4) is 0 Å². The molecular weight excluding hydrogens is 374 g/mol. The van der Waals surface area contributed by atoms with Crippen LogP contribution in [0, 0.1) is 11.6 Å². The van der Waals surface area contributed by atoms with Crippen LogP contribution in [-0.4, -0.2) is 35.4 Å². The normalized spacial score (nSPS) is 12.0. The quantitative estimate of drug-likeness (QED) is 0.619. The van der Waals surface area contributed by atoms with Crippen molar-refractivity contribution in [1.82, 2.24) is 9.88 Å². The number of halogens is 2. The number of benzene rings is 2. The highest BCUT2D eigenvalue weighted by Crippen LogP contribution is 2.28. The summed E-state index contributed by atoms with van der Waals surface area (Å²) in [5, 5.41) is 0.753. The van der Waals surface area contributed by atoms with E-state index in [1.54, 1.807) is 7.05 Å². The van der Waals surface area contributed by atoms with E-state index in [2.05, 4.69) is 4.98 Å². The maximum Gasteiger partial charge on any atom is 0.341 e. The van der Waals surface area contributed by atoms with Crippen LogP contribution in [0.25, 0.3) is 10.2 Å². The molecule has 5 nitrogen and oxygen atoms in total. The maximum absolute atomic E-state index is 13.6. The molecule has 1 heterocycles. The molecule has 0 aliphatic carbocycles. The molecule has 1 amide bonds. The maximum atomic E-state index is 13.6. The van der Waals surface area contributed by atoms with Gasteiger partial charge in [0.25, 0.3) is 5.91 Å². The Kier molecular flexibility index (Phi) is 5.46. The monoisotopic (exact) mass is 390 g/mol. The summed E-state index contributed by atoms with van der Waals surface area (Å²) in [5.41, 5.74) is 0.425. The van der Waals surface area contributed by atoms with Crippen molar-refractivity contribution >= 4 is 33.4 Å². The average molecular weight is 390 g/mol. The Morgan fingerprint density at radius 2 is 1.96 bits per heavy atom. The van der Waals surface area contributed by atoms with E-state index in [1.807, 2.05) is 31.2 Å². The number of hydrogen-bond acceptors (Lipinski definition) is 5. The van der Waals surface area contributed by atoms with Crippen LogP contribution >= 0.6 is 11.3 Å². The second kappa shape index (κ2) is 7.79. The van der Waals surface area contributed by atoms with E-state index in [0.29, 0.717) is 6.07 Å². The third-order valence-corrected chi connectivity index (χ3v) is 5.33. The van der Waals surface area contributed by atoms with Crippen LogP contribution in [0.1, 0.15) is 28.3 Å². The minimum atomic E-state index is -1.04. The number of amides is 1. The van der Waals surface area contributed by atoms with Crippen LogP contribution in [0.5, 0.6) is 0 Å². The number of aromatic nitrogens is 1. The second-order valence-corrected chi connectivity index (χ2v) is 6.96. The summed E-state index contributed by atoms with van der Waals surface area (Å²) in [7, 11) is 1.57. The highest BCUT2D eigenvalue weighted by atomic mass is 32.1. The van der Waals surface area contributed by atoms with E-state index in [4.69, 9.17) is 4.74 Å². The molecule has 0 saturated heterocycles. The molecule has 0 N–H and O–H groups in total. The van der Waals surface area contributed by atoms with Crippen molar-refractivity contribution in [3.63, 3.8) is 0 Å². The third-order valence-electron chi connectivity index (χ3n) is 4.12. The molecule has 0 fully saturated rings. The zero-order chi connectivity index (χ0) is 19.6. The van der Waals surface area contributed by atoms with Gasteiger partial charge in [0, 0.05) is 13.1 Å². The van der Waals surface area contributed by atoms with Crippen LogP contribution in [0.3, 0.4) is 0 Å². The molecule has 0 aliphatic rings. The van der Waals surface area contributed by atoms with Crippen LogP contribution in [-0.2, 0) is 9.53 Å². The Bertz CT molecular complexity index is 973. The molecule has 0 radical (unpaired) electrons. The summed E-state index contributed by atoms with van der Waals surface area (Å²) in [6, 6.07) is 9.83. The summed E-state index contributed by atoms with van der Waals surface area (Å²) in [6.45, 7) is 1.26. The van der Waals surface area contributed by atoms with E-state index in [-0.39, 0.29) is 6.04 Å². The molecule has 3 aromatic rings. The predicted octanol–water partition coefficient (Wildman–Crippen LogP) is 3.95. The van der Waals surface area contributed by atoms with Crippen LogP contribution in [0.2, 0.25) is 0 Å². The topological polar surface area (TPSA) is 59.5 Å². The van der Waals surface area contributed by atoms with Gasteiger partial charge in [-0.05, 0) is 31.2 Å². The Hall–Kier alpha value is -2.87. The first-order chi connectivity index (χ1) is 12.9. The zero-order valence-corrected chi connectivity index (χ0v) is 15.4. The van der Waals surface area contributed by atoms with Gasteiger partial charge < -0.3 is 9.64 Å². The number of carbonyl (C=O) groups is 2. The number of carbonyl (C=O) groups excluding carboxylic acids is 2. The van der Waals surface area contributed by atoms with E-state index >= 15 is 0 Å². The summed E-state index contributed by atoms with van der Waals surface area (Å²) in [4.78, 5) is 30.1. The first kappa shape index (κ1) is 18.9. The lowest BCUT2D eigenvalue weighted by atomic mass is 10.2. The number of fused-ring (bicyclic) bond motifs is 1. The molecule has 8 heteroatoms. The summed E-state index contributed by atoms with van der Waals surface area (Å²) < 4.78 is 32.4. The third kappa shape index (κ3) is 4.11. The molecule has 0 aliphatic heterocycles. The van der Waals surface area contributed by atoms with Crippen molar-refractivity contribution in [2.24, 2.45) is 0 Å². The van der Waals surface area contributed by atoms with Gasteiger partial charge in [-0.1, -0.05) is 12.1 Å².